The van der Waals surface area contributed by atoms with Crippen LogP contribution in [0.25, 0.3) is 11.1 Å². The molecule has 1 N–H and O–H groups in total. The third kappa shape index (κ3) is 2.45. The highest BCUT2D eigenvalue weighted by Crippen LogP contribution is 2.34. The molecular weight excluding hydrogens is 240 g/mol. The van der Waals surface area contributed by atoms with Gasteiger partial charge in [-0.15, -0.1) is 0 Å². The van der Waals surface area contributed by atoms with Crippen LogP contribution in [0.5, 0.6) is 5.75 Å². The van der Waals surface area contributed by atoms with Crippen molar-refractivity contribution < 1.29 is 14.6 Å². The predicted molar refractivity (Wildman–Crippen MR) is 74.9 cm³/mol. The van der Waals surface area contributed by atoms with Crippen LogP contribution < -0.4 is 4.74 Å². The van der Waals surface area contributed by atoms with Gasteiger partial charge in [-0.05, 0) is 42.7 Å². The summed E-state index contributed by atoms with van der Waals surface area (Å²) >= 11 is 0. The van der Waals surface area contributed by atoms with Crippen LogP contribution in [0.4, 0.5) is 0 Å². The highest BCUT2D eigenvalue weighted by Gasteiger charge is 2.11. The number of hydrogen-bond donors (Lipinski definition) is 1. The van der Waals surface area contributed by atoms with Gasteiger partial charge in [-0.2, -0.15) is 0 Å². The normalized spacial score (nSPS) is 10.3. The van der Waals surface area contributed by atoms with Crippen LogP contribution >= 0.6 is 0 Å². The third-order valence-electron chi connectivity index (χ3n) is 3.32. The van der Waals surface area contributed by atoms with Gasteiger partial charge in [0, 0.05) is 5.56 Å². The van der Waals surface area contributed by atoms with E-state index >= 15 is 0 Å². The van der Waals surface area contributed by atoms with Gasteiger partial charge in [-0.1, -0.05) is 24.3 Å². The van der Waals surface area contributed by atoms with E-state index in [1.54, 1.807) is 31.4 Å². The number of carbonyl (C=O) groups is 1. The third-order valence-corrected chi connectivity index (χ3v) is 3.32. The van der Waals surface area contributed by atoms with Crippen molar-refractivity contribution in [2.75, 3.05) is 7.11 Å². The number of carboxylic acid groups (broad SMARTS) is 1. The van der Waals surface area contributed by atoms with E-state index in [9.17, 15) is 4.79 Å². The minimum Gasteiger partial charge on any atom is -0.496 e. The summed E-state index contributed by atoms with van der Waals surface area (Å²) in [6.45, 7) is 4.05. The summed E-state index contributed by atoms with van der Waals surface area (Å²) in [5.74, 6) is -0.0818. The molecule has 0 fully saturated rings. The van der Waals surface area contributed by atoms with Crippen molar-refractivity contribution in [3.63, 3.8) is 0 Å². The highest BCUT2D eigenvalue weighted by atomic mass is 16.5. The fourth-order valence-electron chi connectivity index (χ4n) is 2.07. The maximum Gasteiger partial charge on any atom is 0.335 e. The van der Waals surface area contributed by atoms with E-state index in [0.29, 0.717) is 0 Å². The monoisotopic (exact) mass is 256 g/mol. The van der Waals surface area contributed by atoms with E-state index in [2.05, 4.69) is 0 Å². The number of carboxylic acids is 1. The van der Waals surface area contributed by atoms with Crippen LogP contribution in [0.1, 0.15) is 21.5 Å². The summed E-state index contributed by atoms with van der Waals surface area (Å²) in [7, 11) is 1.65. The molecule has 2 rings (SSSR count). The molecular formula is C16H16O3. The van der Waals surface area contributed by atoms with E-state index in [4.69, 9.17) is 9.84 Å². The Morgan fingerprint density at radius 3 is 2.21 bits per heavy atom. The lowest BCUT2D eigenvalue weighted by atomic mass is 9.98. The molecule has 0 radical (unpaired) electrons. The molecule has 0 aliphatic rings. The van der Waals surface area contributed by atoms with Crippen LogP contribution in [-0.4, -0.2) is 18.2 Å². The Bertz CT molecular complexity index is 613. The summed E-state index contributed by atoms with van der Waals surface area (Å²) < 4.78 is 5.47. The first kappa shape index (κ1) is 13.1. The van der Waals surface area contributed by atoms with Crippen LogP contribution in [-0.2, 0) is 0 Å². The van der Waals surface area contributed by atoms with E-state index in [1.807, 2.05) is 26.0 Å². The molecule has 0 aromatic heterocycles. The molecule has 3 heteroatoms. The van der Waals surface area contributed by atoms with Gasteiger partial charge < -0.3 is 9.84 Å². The molecule has 0 atom stereocenters. The number of hydrogen-bond acceptors (Lipinski definition) is 2. The Morgan fingerprint density at radius 1 is 1.05 bits per heavy atom. The van der Waals surface area contributed by atoms with Crippen molar-refractivity contribution >= 4 is 5.97 Å². The Balaban J connectivity index is 2.52. The smallest absolute Gasteiger partial charge is 0.335 e. The van der Waals surface area contributed by atoms with Crippen molar-refractivity contribution in [3.05, 3.63) is 53.1 Å². The Kier molecular flexibility index (Phi) is 3.56. The fraction of sp³-hybridized carbons (Fsp3) is 0.188. The number of methoxy groups -OCH3 is 1. The van der Waals surface area contributed by atoms with Gasteiger partial charge in [-0.3, -0.25) is 0 Å². The lowest BCUT2D eigenvalue weighted by Crippen LogP contribution is -1.96. The lowest BCUT2D eigenvalue weighted by molar-refractivity contribution is 0.0697. The number of rotatable bonds is 3. The largest absolute Gasteiger partial charge is 0.496 e. The number of ether oxygens (including phenoxy) is 1. The van der Waals surface area contributed by atoms with E-state index in [-0.39, 0.29) is 5.56 Å². The molecule has 0 aliphatic carbocycles. The standard InChI is InChI=1S/C16H16O3/c1-10-4-9-14(15(19-3)11(10)2)12-5-7-13(8-6-12)16(17)18/h4-9H,1-3H3,(H,17,18). The topological polar surface area (TPSA) is 46.5 Å². The Labute approximate surface area is 112 Å². The van der Waals surface area contributed by atoms with Crippen LogP contribution in [0.2, 0.25) is 0 Å². The van der Waals surface area contributed by atoms with Crippen molar-refractivity contribution in [2.45, 2.75) is 13.8 Å². The second-order valence-electron chi connectivity index (χ2n) is 4.47. The molecule has 0 aliphatic heterocycles. The van der Waals surface area contributed by atoms with Crippen LogP contribution in [0.3, 0.4) is 0 Å². The molecule has 0 unspecified atom stereocenters. The SMILES string of the molecule is COc1c(-c2ccc(C(=O)O)cc2)ccc(C)c1C. The second kappa shape index (κ2) is 5.14. The molecule has 0 heterocycles. The molecule has 0 spiro atoms. The molecule has 2 aromatic carbocycles. The average molecular weight is 256 g/mol. The van der Waals surface area contributed by atoms with Gasteiger partial charge in [0.2, 0.25) is 0 Å². The zero-order valence-electron chi connectivity index (χ0n) is 11.2. The first-order valence-corrected chi connectivity index (χ1v) is 6.02. The predicted octanol–water partition coefficient (Wildman–Crippen LogP) is 3.68. The molecule has 19 heavy (non-hydrogen) atoms. The Hall–Kier alpha value is -2.29. The number of aromatic carboxylic acids is 1. The van der Waals surface area contributed by atoms with Gasteiger partial charge in [0.25, 0.3) is 0 Å². The van der Waals surface area contributed by atoms with E-state index < -0.39 is 5.97 Å². The fourth-order valence-corrected chi connectivity index (χ4v) is 2.07. The molecule has 0 amide bonds. The highest BCUT2D eigenvalue weighted by molar-refractivity contribution is 5.88. The minimum absolute atomic E-state index is 0.284. The van der Waals surface area contributed by atoms with Crippen LogP contribution in [0, 0.1) is 13.8 Å². The summed E-state index contributed by atoms with van der Waals surface area (Å²) in [5.41, 5.74) is 4.48. The molecule has 0 saturated heterocycles. The summed E-state index contributed by atoms with van der Waals surface area (Å²) in [6.07, 6.45) is 0. The first-order chi connectivity index (χ1) is 9.04. The lowest BCUT2D eigenvalue weighted by Gasteiger charge is -2.13. The quantitative estimate of drug-likeness (QED) is 0.911. The molecule has 3 nitrogen and oxygen atoms in total. The minimum atomic E-state index is -0.918. The van der Waals surface area contributed by atoms with Gasteiger partial charge in [0.15, 0.2) is 0 Å². The van der Waals surface area contributed by atoms with Crippen molar-refractivity contribution in [1.82, 2.24) is 0 Å². The maximum atomic E-state index is 10.8. The van der Waals surface area contributed by atoms with Crippen molar-refractivity contribution in [3.8, 4) is 16.9 Å². The van der Waals surface area contributed by atoms with Gasteiger partial charge in [-0.25, -0.2) is 4.79 Å². The van der Waals surface area contributed by atoms with E-state index in [0.717, 1.165) is 22.4 Å². The van der Waals surface area contributed by atoms with Crippen molar-refractivity contribution in [1.29, 1.82) is 0 Å². The molecule has 98 valence electrons. The molecule has 0 bridgehead atoms. The van der Waals surface area contributed by atoms with Crippen LogP contribution in [0.15, 0.2) is 36.4 Å². The van der Waals surface area contributed by atoms with Crippen molar-refractivity contribution in [2.24, 2.45) is 0 Å². The Morgan fingerprint density at radius 2 is 1.68 bits per heavy atom. The first-order valence-electron chi connectivity index (χ1n) is 6.02. The maximum absolute atomic E-state index is 10.8. The van der Waals surface area contributed by atoms with Gasteiger partial charge >= 0.3 is 5.97 Å². The zero-order chi connectivity index (χ0) is 14.0. The van der Waals surface area contributed by atoms with Gasteiger partial charge in [0.05, 0.1) is 12.7 Å². The number of aryl methyl sites for hydroxylation is 1. The van der Waals surface area contributed by atoms with Gasteiger partial charge in [0.1, 0.15) is 5.75 Å². The summed E-state index contributed by atoms with van der Waals surface area (Å²) in [6, 6.07) is 10.8. The summed E-state index contributed by atoms with van der Waals surface area (Å²) in [4.78, 5) is 10.8. The second-order valence-corrected chi connectivity index (χ2v) is 4.47. The molecule has 0 saturated carbocycles. The van der Waals surface area contributed by atoms with E-state index in [1.165, 1.54) is 5.56 Å². The molecule has 2 aromatic rings. The average Bonchev–Trinajstić information content (AvgIpc) is 2.41. The number of benzene rings is 2. The summed E-state index contributed by atoms with van der Waals surface area (Å²) in [5, 5.41) is 8.90. The zero-order valence-corrected chi connectivity index (χ0v) is 11.2.